The van der Waals surface area contributed by atoms with E-state index in [1.165, 1.54) is 33.4 Å². The first-order valence-corrected chi connectivity index (χ1v) is 11.5. The van der Waals surface area contributed by atoms with E-state index in [0.717, 1.165) is 0 Å². The van der Waals surface area contributed by atoms with Crippen molar-refractivity contribution in [1.82, 2.24) is 9.13 Å². The third kappa shape index (κ3) is 3.60. The van der Waals surface area contributed by atoms with Crippen LogP contribution < -0.4 is 11.0 Å². The topological polar surface area (TPSA) is 90.2 Å². The van der Waals surface area contributed by atoms with Crippen molar-refractivity contribution in [2.45, 2.75) is 9.79 Å². The van der Waals surface area contributed by atoms with Crippen molar-refractivity contribution in [3.8, 4) is 0 Å². The number of imidazole rings is 1. The van der Waals surface area contributed by atoms with Crippen LogP contribution in [0, 0.1) is 0 Å². The number of amides is 1. The smallest absolute Gasteiger partial charge is 0.321 e. The molecule has 158 valence electrons. The van der Waals surface area contributed by atoms with Gasteiger partial charge < -0.3 is 5.32 Å². The van der Waals surface area contributed by atoms with Gasteiger partial charge in [-0.2, -0.15) is 0 Å². The number of anilines is 1. The molecule has 0 atom stereocenters. The number of benzene rings is 3. The van der Waals surface area contributed by atoms with E-state index in [1.54, 1.807) is 56.6 Å². The number of fused-ring (bicyclic) bond motifs is 1. The van der Waals surface area contributed by atoms with Crippen LogP contribution in [0.4, 0.5) is 5.69 Å². The maximum atomic E-state index is 13.4. The van der Waals surface area contributed by atoms with Gasteiger partial charge in [0, 0.05) is 18.6 Å². The summed E-state index contributed by atoms with van der Waals surface area (Å²) < 4.78 is 30.2. The molecule has 1 amide bonds. The molecule has 4 rings (SSSR count). The Kier molecular flexibility index (Phi) is 5.32. The molecule has 0 radical (unpaired) electrons. The zero-order valence-electron chi connectivity index (χ0n) is 16.7. The van der Waals surface area contributed by atoms with Crippen LogP contribution in [0.15, 0.2) is 85.8 Å². The van der Waals surface area contributed by atoms with Crippen molar-refractivity contribution in [1.29, 1.82) is 0 Å². The summed E-state index contributed by atoms with van der Waals surface area (Å²) in [5.74, 6) is -0.475. The summed E-state index contributed by atoms with van der Waals surface area (Å²) >= 11 is 3.34. The van der Waals surface area contributed by atoms with Gasteiger partial charge in [-0.05, 0) is 52.3 Å². The number of nitrogens with zero attached hydrogens (tertiary/aromatic N) is 2. The summed E-state index contributed by atoms with van der Waals surface area (Å²) in [6.45, 7) is 0. The highest BCUT2D eigenvalue weighted by atomic mass is 79.9. The Labute approximate surface area is 187 Å². The molecule has 1 aromatic heterocycles. The Balaban J connectivity index is 1.96. The first kappa shape index (κ1) is 21.1. The number of aryl methyl sites for hydroxylation is 2. The second-order valence-electron chi connectivity index (χ2n) is 6.99. The van der Waals surface area contributed by atoms with Gasteiger partial charge in [-0.3, -0.25) is 13.9 Å². The normalized spacial score (nSPS) is 11.6. The molecule has 31 heavy (non-hydrogen) atoms. The predicted octanol–water partition coefficient (Wildman–Crippen LogP) is 3.72. The van der Waals surface area contributed by atoms with E-state index in [0.29, 0.717) is 21.1 Å². The fraction of sp³-hybridized carbons (Fsp3) is 0.0909. The second-order valence-corrected chi connectivity index (χ2v) is 9.76. The summed E-state index contributed by atoms with van der Waals surface area (Å²) in [5, 5.41) is 2.72. The van der Waals surface area contributed by atoms with Crippen LogP contribution in [-0.2, 0) is 23.9 Å². The standard InChI is InChI=1S/C22H18BrN3O4S/c1-25-18-12-17(24-21(27)15-10-6-7-11-16(15)23)20(13-19(18)26(2)22(25)28)31(29,30)14-8-4-3-5-9-14/h3-13H,1-2H3,(H,24,27). The Morgan fingerprint density at radius 3 is 2.13 bits per heavy atom. The molecule has 4 aromatic rings. The number of carbonyl (C=O) groups is 1. The van der Waals surface area contributed by atoms with Gasteiger partial charge in [0.25, 0.3) is 5.91 Å². The third-order valence-electron chi connectivity index (χ3n) is 5.08. The molecule has 0 bridgehead atoms. The van der Waals surface area contributed by atoms with Gasteiger partial charge >= 0.3 is 5.69 Å². The fourth-order valence-electron chi connectivity index (χ4n) is 3.41. The van der Waals surface area contributed by atoms with Crippen molar-refractivity contribution in [2.24, 2.45) is 14.1 Å². The molecule has 0 spiro atoms. The van der Waals surface area contributed by atoms with Gasteiger partial charge in [0.2, 0.25) is 9.84 Å². The largest absolute Gasteiger partial charge is 0.328 e. The van der Waals surface area contributed by atoms with E-state index in [2.05, 4.69) is 21.2 Å². The van der Waals surface area contributed by atoms with E-state index in [1.807, 2.05) is 0 Å². The van der Waals surface area contributed by atoms with Crippen LogP contribution >= 0.6 is 15.9 Å². The lowest BCUT2D eigenvalue weighted by Crippen LogP contribution is -2.19. The van der Waals surface area contributed by atoms with Gasteiger partial charge in [-0.15, -0.1) is 0 Å². The lowest BCUT2D eigenvalue weighted by molar-refractivity contribution is 0.102. The van der Waals surface area contributed by atoms with Gasteiger partial charge in [-0.25, -0.2) is 13.2 Å². The molecular formula is C22H18BrN3O4S. The van der Waals surface area contributed by atoms with Crippen molar-refractivity contribution in [2.75, 3.05) is 5.32 Å². The molecule has 0 aliphatic heterocycles. The maximum Gasteiger partial charge on any atom is 0.328 e. The van der Waals surface area contributed by atoms with E-state index in [-0.39, 0.29) is 21.2 Å². The van der Waals surface area contributed by atoms with Crippen molar-refractivity contribution >= 4 is 48.4 Å². The first-order valence-electron chi connectivity index (χ1n) is 9.27. The highest BCUT2D eigenvalue weighted by Crippen LogP contribution is 2.32. The average Bonchev–Trinajstić information content (AvgIpc) is 2.97. The quantitative estimate of drug-likeness (QED) is 0.463. The minimum Gasteiger partial charge on any atom is -0.321 e. The Bertz CT molecular complexity index is 1490. The number of carbonyl (C=O) groups excluding carboxylic acids is 1. The summed E-state index contributed by atoms with van der Waals surface area (Å²) in [6.07, 6.45) is 0. The summed E-state index contributed by atoms with van der Waals surface area (Å²) in [4.78, 5) is 25.3. The van der Waals surface area contributed by atoms with Crippen molar-refractivity contribution < 1.29 is 13.2 Å². The summed E-state index contributed by atoms with van der Waals surface area (Å²) in [7, 11) is -0.805. The number of halogens is 1. The highest BCUT2D eigenvalue weighted by Gasteiger charge is 2.25. The molecule has 0 saturated heterocycles. The van der Waals surface area contributed by atoms with Crippen molar-refractivity contribution in [3.63, 3.8) is 0 Å². The minimum absolute atomic E-state index is 0.0895. The third-order valence-corrected chi connectivity index (χ3v) is 7.58. The van der Waals surface area contributed by atoms with Gasteiger partial charge in [-0.1, -0.05) is 30.3 Å². The first-order chi connectivity index (χ1) is 14.7. The average molecular weight is 500 g/mol. The zero-order chi connectivity index (χ0) is 22.3. The number of hydrogen-bond donors (Lipinski definition) is 1. The molecule has 0 aliphatic rings. The number of nitrogens with one attached hydrogen (secondary N) is 1. The highest BCUT2D eigenvalue weighted by molar-refractivity contribution is 9.10. The van der Waals surface area contributed by atoms with E-state index >= 15 is 0 Å². The predicted molar refractivity (Wildman–Crippen MR) is 122 cm³/mol. The minimum atomic E-state index is -3.97. The molecule has 9 heteroatoms. The summed E-state index contributed by atoms with van der Waals surface area (Å²) in [6, 6.07) is 17.7. The number of hydrogen-bond acceptors (Lipinski definition) is 4. The lowest BCUT2D eigenvalue weighted by atomic mass is 10.2. The van der Waals surface area contributed by atoms with Crippen LogP contribution in [-0.4, -0.2) is 23.5 Å². The lowest BCUT2D eigenvalue weighted by Gasteiger charge is -2.14. The van der Waals surface area contributed by atoms with Crippen LogP contribution in [0.2, 0.25) is 0 Å². The Morgan fingerprint density at radius 2 is 1.48 bits per heavy atom. The molecule has 1 heterocycles. The van der Waals surface area contributed by atoms with Crippen LogP contribution in [0.5, 0.6) is 0 Å². The SMILES string of the molecule is Cn1c(=O)n(C)c2cc(S(=O)(=O)c3ccccc3)c(NC(=O)c3ccccc3Br)cc21. The zero-order valence-corrected chi connectivity index (χ0v) is 19.1. The Hall–Kier alpha value is -3.17. The molecule has 0 unspecified atom stereocenters. The monoisotopic (exact) mass is 499 g/mol. The molecule has 0 fully saturated rings. The van der Waals surface area contributed by atoms with E-state index in [9.17, 15) is 18.0 Å². The van der Waals surface area contributed by atoms with Crippen LogP contribution in [0.25, 0.3) is 11.0 Å². The van der Waals surface area contributed by atoms with Crippen LogP contribution in [0.1, 0.15) is 10.4 Å². The molecule has 1 N–H and O–H groups in total. The number of sulfone groups is 1. The summed E-state index contributed by atoms with van der Waals surface area (Å²) in [5.41, 5.74) is 1.10. The van der Waals surface area contributed by atoms with Gasteiger partial charge in [0.15, 0.2) is 0 Å². The van der Waals surface area contributed by atoms with Crippen LogP contribution in [0.3, 0.4) is 0 Å². The number of aromatic nitrogens is 2. The number of rotatable bonds is 4. The van der Waals surface area contributed by atoms with Gasteiger partial charge in [0.1, 0.15) is 0 Å². The molecule has 0 saturated carbocycles. The van der Waals surface area contributed by atoms with Crippen molar-refractivity contribution in [3.05, 3.63) is 87.3 Å². The molecule has 0 aliphatic carbocycles. The molecular weight excluding hydrogens is 482 g/mol. The second kappa shape index (κ2) is 7.82. The maximum absolute atomic E-state index is 13.4. The molecule has 3 aromatic carbocycles. The molecule has 7 nitrogen and oxygen atoms in total. The Morgan fingerprint density at radius 1 is 0.903 bits per heavy atom. The van der Waals surface area contributed by atoms with E-state index < -0.39 is 15.7 Å². The fourth-order valence-corrected chi connectivity index (χ4v) is 5.31. The van der Waals surface area contributed by atoms with E-state index in [4.69, 9.17) is 0 Å². The van der Waals surface area contributed by atoms with Gasteiger partial charge in [0.05, 0.1) is 32.1 Å².